The molecule has 1 aliphatic heterocycles. The lowest BCUT2D eigenvalue weighted by Crippen LogP contribution is -2.39. The first kappa shape index (κ1) is 14.6. The molecule has 22 heavy (non-hydrogen) atoms. The third-order valence-corrected chi connectivity index (χ3v) is 3.86. The van der Waals surface area contributed by atoms with Crippen molar-refractivity contribution in [3.05, 3.63) is 59.7 Å². The van der Waals surface area contributed by atoms with Crippen molar-refractivity contribution in [1.29, 1.82) is 0 Å². The molecule has 0 fully saturated rings. The molecule has 0 saturated carbocycles. The van der Waals surface area contributed by atoms with Gasteiger partial charge in [-0.2, -0.15) is 0 Å². The number of ether oxygens (including phenoxy) is 2. The van der Waals surface area contributed by atoms with Gasteiger partial charge < -0.3 is 19.2 Å². The summed E-state index contributed by atoms with van der Waals surface area (Å²) >= 11 is 0. The number of benzene rings is 2. The van der Waals surface area contributed by atoms with Crippen LogP contribution in [0.3, 0.4) is 0 Å². The average Bonchev–Trinajstić information content (AvgIpc) is 2.88. The molecule has 1 atom stereocenters. The summed E-state index contributed by atoms with van der Waals surface area (Å²) in [7, 11) is 1.68. The fourth-order valence-electron chi connectivity index (χ4n) is 2.80. The molecule has 0 bridgehead atoms. The standard InChI is InChI=1S/C16H15BO5/c1-20-12-9-7-11(8-10-12)16(15(18)21-2)13-5-3-4-6-14(13)17(19)22-16/h3-10,19H,1-2H3. The quantitative estimate of drug-likeness (QED) is 0.671. The Morgan fingerprint density at radius 2 is 1.82 bits per heavy atom. The van der Waals surface area contributed by atoms with Crippen molar-refractivity contribution >= 4 is 18.6 Å². The molecule has 0 amide bonds. The Kier molecular flexibility index (Phi) is 3.64. The predicted molar refractivity (Wildman–Crippen MR) is 80.9 cm³/mol. The summed E-state index contributed by atoms with van der Waals surface area (Å²) in [6.45, 7) is 0. The van der Waals surface area contributed by atoms with Crippen molar-refractivity contribution < 1.29 is 23.9 Å². The van der Waals surface area contributed by atoms with E-state index in [9.17, 15) is 9.82 Å². The fourth-order valence-corrected chi connectivity index (χ4v) is 2.80. The SMILES string of the molecule is COC(=O)C1(c2ccc(OC)cc2)OB(O)c2ccccc21. The molecule has 3 rings (SSSR count). The van der Waals surface area contributed by atoms with E-state index in [2.05, 4.69) is 0 Å². The molecule has 0 saturated heterocycles. The number of rotatable bonds is 3. The number of methoxy groups -OCH3 is 2. The number of hydrogen-bond acceptors (Lipinski definition) is 5. The summed E-state index contributed by atoms with van der Waals surface area (Å²) in [5.74, 6) is 0.0808. The number of fused-ring (bicyclic) bond motifs is 1. The highest BCUT2D eigenvalue weighted by atomic mass is 16.6. The van der Waals surface area contributed by atoms with E-state index < -0.39 is 18.7 Å². The lowest BCUT2D eigenvalue weighted by molar-refractivity contribution is -0.156. The third-order valence-electron chi connectivity index (χ3n) is 3.86. The van der Waals surface area contributed by atoms with E-state index in [1.165, 1.54) is 7.11 Å². The number of hydrogen-bond donors (Lipinski definition) is 1. The lowest BCUT2D eigenvalue weighted by Gasteiger charge is -2.28. The van der Waals surface area contributed by atoms with E-state index in [0.717, 1.165) is 0 Å². The largest absolute Gasteiger partial charge is 0.497 e. The summed E-state index contributed by atoms with van der Waals surface area (Å²) in [5, 5.41) is 10.2. The zero-order valence-corrected chi connectivity index (χ0v) is 12.3. The molecule has 0 radical (unpaired) electrons. The molecule has 1 heterocycles. The highest BCUT2D eigenvalue weighted by Crippen LogP contribution is 2.39. The Labute approximate surface area is 128 Å². The van der Waals surface area contributed by atoms with Gasteiger partial charge in [0.25, 0.3) is 0 Å². The Balaban J connectivity index is 2.21. The van der Waals surface area contributed by atoms with E-state index in [4.69, 9.17) is 14.1 Å². The summed E-state index contributed by atoms with van der Waals surface area (Å²) in [6.07, 6.45) is 0. The average molecular weight is 298 g/mol. The third kappa shape index (κ3) is 2.00. The molecule has 112 valence electrons. The molecule has 2 aromatic rings. The summed E-state index contributed by atoms with van der Waals surface area (Å²) in [4.78, 5) is 12.5. The van der Waals surface area contributed by atoms with Gasteiger partial charge in [0.15, 0.2) is 0 Å². The highest BCUT2D eigenvalue weighted by Gasteiger charge is 2.54. The van der Waals surface area contributed by atoms with Gasteiger partial charge in [-0.05, 0) is 28.7 Å². The van der Waals surface area contributed by atoms with Gasteiger partial charge in [-0.1, -0.05) is 36.4 Å². The topological polar surface area (TPSA) is 65.0 Å². The summed E-state index contributed by atoms with van der Waals surface area (Å²) in [5.41, 5.74) is 0.240. The van der Waals surface area contributed by atoms with Crippen LogP contribution in [0.2, 0.25) is 0 Å². The minimum absolute atomic E-state index is 0.559. The van der Waals surface area contributed by atoms with Crippen molar-refractivity contribution in [2.75, 3.05) is 14.2 Å². The van der Waals surface area contributed by atoms with Crippen LogP contribution in [0.15, 0.2) is 48.5 Å². The van der Waals surface area contributed by atoms with Crippen LogP contribution < -0.4 is 10.2 Å². The molecule has 0 aliphatic carbocycles. The van der Waals surface area contributed by atoms with E-state index in [0.29, 0.717) is 22.3 Å². The Morgan fingerprint density at radius 3 is 2.45 bits per heavy atom. The first-order valence-electron chi connectivity index (χ1n) is 6.81. The van der Waals surface area contributed by atoms with Crippen LogP contribution in [-0.4, -0.2) is 32.3 Å². The van der Waals surface area contributed by atoms with Crippen LogP contribution in [0, 0.1) is 0 Å². The minimum atomic E-state index is -1.48. The summed E-state index contributed by atoms with van der Waals surface area (Å²) in [6, 6.07) is 14.0. The summed E-state index contributed by atoms with van der Waals surface area (Å²) < 4.78 is 15.8. The Morgan fingerprint density at radius 1 is 1.14 bits per heavy atom. The van der Waals surface area contributed by atoms with Crippen molar-refractivity contribution in [3.63, 3.8) is 0 Å². The van der Waals surface area contributed by atoms with E-state index >= 15 is 0 Å². The molecule has 6 heteroatoms. The number of carbonyl (C=O) groups excluding carboxylic acids is 1. The predicted octanol–water partition coefficient (Wildman–Crippen LogP) is 0.829. The van der Waals surface area contributed by atoms with Gasteiger partial charge in [0.2, 0.25) is 5.60 Å². The second-order valence-corrected chi connectivity index (χ2v) is 4.96. The maximum atomic E-state index is 12.5. The zero-order valence-electron chi connectivity index (χ0n) is 12.3. The second-order valence-electron chi connectivity index (χ2n) is 4.96. The first-order chi connectivity index (χ1) is 10.6. The van der Waals surface area contributed by atoms with Crippen LogP contribution in [0.25, 0.3) is 0 Å². The fraction of sp³-hybridized carbons (Fsp3) is 0.188. The molecule has 5 nitrogen and oxygen atoms in total. The van der Waals surface area contributed by atoms with Crippen molar-refractivity contribution in [1.82, 2.24) is 0 Å². The minimum Gasteiger partial charge on any atom is -0.497 e. The number of carbonyl (C=O) groups is 1. The van der Waals surface area contributed by atoms with E-state index in [1.807, 2.05) is 0 Å². The normalized spacial score (nSPS) is 19.7. The highest BCUT2D eigenvalue weighted by molar-refractivity contribution is 6.62. The molecule has 2 aromatic carbocycles. The molecule has 0 spiro atoms. The molecular formula is C16H15BO5. The van der Waals surface area contributed by atoms with Gasteiger partial charge in [0.1, 0.15) is 5.75 Å². The van der Waals surface area contributed by atoms with Crippen LogP contribution >= 0.6 is 0 Å². The maximum absolute atomic E-state index is 12.5. The van der Waals surface area contributed by atoms with Crippen molar-refractivity contribution in [3.8, 4) is 5.75 Å². The van der Waals surface area contributed by atoms with Gasteiger partial charge >= 0.3 is 13.1 Å². The van der Waals surface area contributed by atoms with Crippen LogP contribution in [0.4, 0.5) is 0 Å². The van der Waals surface area contributed by atoms with Crippen LogP contribution in [0.1, 0.15) is 11.1 Å². The first-order valence-corrected chi connectivity index (χ1v) is 6.81. The molecule has 0 aromatic heterocycles. The van der Waals surface area contributed by atoms with Crippen molar-refractivity contribution in [2.24, 2.45) is 0 Å². The Hall–Kier alpha value is -2.31. The van der Waals surface area contributed by atoms with Crippen molar-refractivity contribution in [2.45, 2.75) is 5.60 Å². The van der Waals surface area contributed by atoms with Gasteiger partial charge in [0.05, 0.1) is 14.2 Å². The van der Waals surface area contributed by atoms with Crippen LogP contribution in [0.5, 0.6) is 5.75 Å². The van der Waals surface area contributed by atoms with Gasteiger partial charge in [-0.15, -0.1) is 0 Å². The monoisotopic (exact) mass is 298 g/mol. The zero-order chi connectivity index (χ0) is 15.7. The maximum Gasteiger partial charge on any atom is 0.492 e. The Bertz CT molecular complexity index is 700. The van der Waals surface area contributed by atoms with Crippen LogP contribution in [-0.2, 0) is 19.8 Å². The molecule has 1 unspecified atom stereocenters. The van der Waals surface area contributed by atoms with Gasteiger partial charge in [-0.25, -0.2) is 4.79 Å². The van der Waals surface area contributed by atoms with Gasteiger partial charge in [-0.3, -0.25) is 0 Å². The second kappa shape index (κ2) is 5.48. The molecular weight excluding hydrogens is 283 g/mol. The number of esters is 1. The molecule has 1 aliphatic rings. The van der Waals surface area contributed by atoms with E-state index in [1.54, 1.807) is 55.6 Å². The van der Waals surface area contributed by atoms with Gasteiger partial charge in [0, 0.05) is 0 Å². The smallest absolute Gasteiger partial charge is 0.492 e. The van der Waals surface area contributed by atoms with E-state index in [-0.39, 0.29) is 0 Å². The lowest BCUT2D eigenvalue weighted by atomic mass is 9.77. The molecule has 1 N–H and O–H groups in total.